The highest BCUT2D eigenvalue weighted by molar-refractivity contribution is 4.96. The zero-order valence-electron chi connectivity index (χ0n) is 9.04. The summed E-state index contributed by atoms with van der Waals surface area (Å²) in [7, 11) is 0. The summed E-state index contributed by atoms with van der Waals surface area (Å²) in [6, 6.07) is 0. The molecule has 98 valence electrons. The third kappa shape index (κ3) is 4.31. The van der Waals surface area contributed by atoms with Gasteiger partial charge in [0, 0.05) is 25.8 Å². The lowest BCUT2D eigenvalue weighted by atomic mass is 10.3. The van der Waals surface area contributed by atoms with Gasteiger partial charge in [-0.1, -0.05) is 0 Å². The van der Waals surface area contributed by atoms with Gasteiger partial charge in [-0.15, -0.1) is 0 Å². The monoisotopic (exact) mass is 254 g/mol. The van der Waals surface area contributed by atoms with Crippen molar-refractivity contribution < 1.29 is 17.6 Å². The number of imidazole rings is 1. The van der Waals surface area contributed by atoms with E-state index in [4.69, 9.17) is 5.73 Å². The quantitative estimate of drug-likeness (QED) is 0.709. The Hall–Kier alpha value is -1.15. The maximum absolute atomic E-state index is 12.5. The minimum atomic E-state index is -4.01. The molecular formula is C9H14F4N4. The van der Waals surface area contributed by atoms with Crippen LogP contribution in [0, 0.1) is 0 Å². The predicted octanol–water partition coefficient (Wildman–Crippen LogP) is 0.832. The molecule has 17 heavy (non-hydrogen) atoms. The van der Waals surface area contributed by atoms with Crippen molar-refractivity contribution in [1.29, 1.82) is 0 Å². The Morgan fingerprint density at radius 1 is 1.47 bits per heavy atom. The van der Waals surface area contributed by atoms with Gasteiger partial charge in [0.2, 0.25) is 0 Å². The topological polar surface area (TPSA) is 55.9 Å². The van der Waals surface area contributed by atoms with E-state index in [2.05, 4.69) is 10.3 Å². The van der Waals surface area contributed by atoms with E-state index in [1.807, 2.05) is 0 Å². The summed E-state index contributed by atoms with van der Waals surface area (Å²) in [5.74, 6) is -4.01. The van der Waals surface area contributed by atoms with Crippen LogP contribution >= 0.6 is 0 Å². The summed E-state index contributed by atoms with van der Waals surface area (Å²) in [6.07, 6.45) is -0.528. The van der Waals surface area contributed by atoms with E-state index in [-0.39, 0.29) is 6.54 Å². The standard InChI is InChI=1S/C9H14F4N4/c10-8(11)9(12,13)5-15-3-7-4-17(2-1-14)6-16-7/h4,6,8,15H,1-3,5,14H2. The molecule has 0 amide bonds. The summed E-state index contributed by atoms with van der Waals surface area (Å²) >= 11 is 0. The van der Waals surface area contributed by atoms with Crippen LogP contribution in [0.4, 0.5) is 17.6 Å². The average Bonchev–Trinajstić information content (AvgIpc) is 2.66. The van der Waals surface area contributed by atoms with Crippen LogP contribution in [-0.4, -0.2) is 35.0 Å². The minimum Gasteiger partial charge on any atom is -0.336 e. The van der Waals surface area contributed by atoms with Crippen LogP contribution in [0.15, 0.2) is 12.5 Å². The van der Waals surface area contributed by atoms with Crippen molar-refractivity contribution in [2.24, 2.45) is 5.73 Å². The first kappa shape index (κ1) is 13.9. The molecule has 0 fully saturated rings. The van der Waals surface area contributed by atoms with E-state index in [1.54, 1.807) is 10.8 Å². The van der Waals surface area contributed by atoms with E-state index >= 15 is 0 Å². The van der Waals surface area contributed by atoms with E-state index in [1.165, 1.54) is 6.33 Å². The van der Waals surface area contributed by atoms with E-state index in [0.717, 1.165) is 0 Å². The van der Waals surface area contributed by atoms with Gasteiger partial charge in [-0.3, -0.25) is 0 Å². The highest BCUT2D eigenvalue weighted by atomic mass is 19.3. The number of hydrogen-bond donors (Lipinski definition) is 2. The SMILES string of the molecule is NCCn1cnc(CNCC(F)(F)C(F)F)c1. The van der Waals surface area contributed by atoms with Crippen LogP contribution in [-0.2, 0) is 13.1 Å². The molecular weight excluding hydrogens is 240 g/mol. The normalized spacial score (nSPS) is 12.4. The van der Waals surface area contributed by atoms with Gasteiger partial charge < -0.3 is 15.6 Å². The fourth-order valence-electron chi connectivity index (χ4n) is 1.20. The molecule has 3 N–H and O–H groups in total. The Morgan fingerprint density at radius 3 is 2.76 bits per heavy atom. The molecule has 0 bridgehead atoms. The predicted molar refractivity (Wildman–Crippen MR) is 53.9 cm³/mol. The average molecular weight is 254 g/mol. The Morgan fingerprint density at radius 2 is 2.18 bits per heavy atom. The molecule has 0 saturated carbocycles. The molecule has 0 atom stereocenters. The van der Waals surface area contributed by atoms with Crippen LogP contribution in [0.2, 0.25) is 0 Å². The molecule has 0 aromatic carbocycles. The molecule has 0 aliphatic carbocycles. The summed E-state index contributed by atoms with van der Waals surface area (Å²) in [5, 5.41) is 2.24. The van der Waals surface area contributed by atoms with Crippen molar-refractivity contribution in [3.8, 4) is 0 Å². The lowest BCUT2D eigenvalue weighted by Crippen LogP contribution is -2.38. The maximum atomic E-state index is 12.5. The second-order valence-corrected chi connectivity index (χ2v) is 3.56. The number of alkyl halides is 4. The molecule has 0 radical (unpaired) electrons. The summed E-state index contributed by atoms with van der Waals surface area (Å²) in [6.45, 7) is -0.0544. The maximum Gasteiger partial charge on any atom is 0.319 e. The van der Waals surface area contributed by atoms with Gasteiger partial charge in [-0.2, -0.15) is 8.78 Å². The van der Waals surface area contributed by atoms with Gasteiger partial charge in [0.1, 0.15) is 0 Å². The van der Waals surface area contributed by atoms with Crippen molar-refractivity contribution in [3.05, 3.63) is 18.2 Å². The zero-order chi connectivity index (χ0) is 12.9. The zero-order valence-corrected chi connectivity index (χ0v) is 9.04. The van der Waals surface area contributed by atoms with Crippen LogP contribution in [0.5, 0.6) is 0 Å². The molecule has 8 heteroatoms. The fourth-order valence-corrected chi connectivity index (χ4v) is 1.20. The molecule has 0 aliphatic rings. The molecule has 1 aromatic rings. The van der Waals surface area contributed by atoms with Crippen LogP contribution in [0.25, 0.3) is 0 Å². The third-order valence-corrected chi connectivity index (χ3v) is 2.06. The Bertz CT molecular complexity index is 339. The van der Waals surface area contributed by atoms with E-state index in [0.29, 0.717) is 18.8 Å². The number of nitrogens with two attached hydrogens (primary N) is 1. The third-order valence-electron chi connectivity index (χ3n) is 2.06. The summed E-state index contributed by atoms with van der Waals surface area (Å²) in [5.41, 5.74) is 5.82. The number of halogens is 4. The van der Waals surface area contributed by atoms with Crippen LogP contribution < -0.4 is 11.1 Å². The molecule has 1 aromatic heterocycles. The summed E-state index contributed by atoms with van der Waals surface area (Å²) in [4.78, 5) is 3.91. The molecule has 1 rings (SSSR count). The second-order valence-electron chi connectivity index (χ2n) is 3.56. The molecule has 0 unspecified atom stereocenters. The van der Waals surface area contributed by atoms with Gasteiger partial charge in [0.05, 0.1) is 18.6 Å². The molecule has 1 heterocycles. The number of nitrogens with one attached hydrogen (secondary N) is 1. The summed E-state index contributed by atoms with van der Waals surface area (Å²) < 4.78 is 50.4. The molecule has 0 aliphatic heterocycles. The van der Waals surface area contributed by atoms with E-state index < -0.39 is 18.9 Å². The van der Waals surface area contributed by atoms with Gasteiger partial charge in [-0.05, 0) is 0 Å². The molecule has 0 saturated heterocycles. The first-order valence-corrected chi connectivity index (χ1v) is 5.03. The molecule has 0 spiro atoms. The highest BCUT2D eigenvalue weighted by Crippen LogP contribution is 2.21. The van der Waals surface area contributed by atoms with Crippen molar-refractivity contribution in [3.63, 3.8) is 0 Å². The van der Waals surface area contributed by atoms with Crippen molar-refractivity contribution in [1.82, 2.24) is 14.9 Å². The lowest BCUT2D eigenvalue weighted by molar-refractivity contribution is -0.125. The van der Waals surface area contributed by atoms with Gasteiger partial charge in [0.25, 0.3) is 0 Å². The minimum absolute atomic E-state index is 0.0138. The van der Waals surface area contributed by atoms with Crippen LogP contribution in [0.1, 0.15) is 5.69 Å². The number of hydrogen-bond acceptors (Lipinski definition) is 3. The largest absolute Gasteiger partial charge is 0.336 e. The first-order chi connectivity index (χ1) is 7.95. The fraction of sp³-hybridized carbons (Fsp3) is 0.667. The number of rotatable bonds is 7. The Labute approximate surface area is 95.8 Å². The van der Waals surface area contributed by atoms with Crippen molar-refractivity contribution in [2.45, 2.75) is 25.4 Å². The van der Waals surface area contributed by atoms with Crippen LogP contribution in [0.3, 0.4) is 0 Å². The van der Waals surface area contributed by atoms with Crippen molar-refractivity contribution in [2.75, 3.05) is 13.1 Å². The van der Waals surface area contributed by atoms with Gasteiger partial charge in [0.15, 0.2) is 0 Å². The van der Waals surface area contributed by atoms with E-state index in [9.17, 15) is 17.6 Å². The molecule has 4 nitrogen and oxygen atoms in total. The highest BCUT2D eigenvalue weighted by Gasteiger charge is 2.39. The number of nitrogens with zero attached hydrogens (tertiary/aromatic N) is 2. The first-order valence-electron chi connectivity index (χ1n) is 5.03. The van der Waals surface area contributed by atoms with Gasteiger partial charge >= 0.3 is 12.3 Å². The number of aromatic nitrogens is 2. The Kier molecular flexibility index (Phi) is 4.88. The Balaban J connectivity index is 2.35. The smallest absolute Gasteiger partial charge is 0.319 e. The van der Waals surface area contributed by atoms with Gasteiger partial charge in [-0.25, -0.2) is 13.8 Å². The lowest BCUT2D eigenvalue weighted by Gasteiger charge is -2.15. The second kappa shape index (κ2) is 5.97. The van der Waals surface area contributed by atoms with Crippen molar-refractivity contribution >= 4 is 0 Å².